The van der Waals surface area contributed by atoms with E-state index in [1.165, 1.54) is 5.56 Å². The lowest BCUT2D eigenvalue weighted by atomic mass is 9.80. The average Bonchev–Trinajstić information content (AvgIpc) is 2.95. The third-order valence-corrected chi connectivity index (χ3v) is 7.33. The summed E-state index contributed by atoms with van der Waals surface area (Å²) in [6.45, 7) is 8.60. The van der Waals surface area contributed by atoms with Crippen molar-refractivity contribution in [3.63, 3.8) is 0 Å². The molecule has 0 unspecified atom stereocenters. The predicted octanol–water partition coefficient (Wildman–Crippen LogP) is 8.30. The zero-order chi connectivity index (χ0) is 26.8. The molecule has 3 aromatic carbocycles. The standard InChI is InChI=1S/C34H33N3O/c1-33(2,30-20-10-11-23-35-30)25-14-12-17-27(24-25)37(26-15-6-5-7-16-26)32-22-13-21-31(36-32)34(3,4)28-18-8-9-19-29(28)38/h5-24,38H,1-4H3. The molecule has 4 nitrogen and oxygen atoms in total. The smallest absolute Gasteiger partial charge is 0.137 e. The Balaban J connectivity index is 1.63. The summed E-state index contributed by atoms with van der Waals surface area (Å²) in [5, 5.41) is 10.6. The molecule has 2 aromatic heterocycles. The van der Waals surface area contributed by atoms with Crippen LogP contribution in [0, 0.1) is 0 Å². The van der Waals surface area contributed by atoms with Gasteiger partial charge in [-0.05, 0) is 60.2 Å². The topological polar surface area (TPSA) is 49.2 Å². The molecule has 38 heavy (non-hydrogen) atoms. The summed E-state index contributed by atoms with van der Waals surface area (Å²) in [5.74, 6) is 1.08. The highest BCUT2D eigenvalue weighted by molar-refractivity contribution is 5.75. The molecule has 190 valence electrons. The first-order valence-corrected chi connectivity index (χ1v) is 12.9. The molecular weight excluding hydrogens is 466 g/mol. The maximum absolute atomic E-state index is 10.6. The van der Waals surface area contributed by atoms with Crippen molar-refractivity contribution in [3.05, 3.63) is 144 Å². The van der Waals surface area contributed by atoms with E-state index < -0.39 is 5.41 Å². The predicted molar refractivity (Wildman–Crippen MR) is 156 cm³/mol. The lowest BCUT2D eigenvalue weighted by molar-refractivity contribution is 0.451. The van der Waals surface area contributed by atoms with Crippen LogP contribution in [0.5, 0.6) is 5.75 Å². The van der Waals surface area contributed by atoms with Gasteiger partial charge in [0.05, 0.1) is 11.4 Å². The number of hydrogen-bond donors (Lipinski definition) is 1. The first-order valence-electron chi connectivity index (χ1n) is 12.9. The number of para-hydroxylation sites is 2. The highest BCUT2D eigenvalue weighted by Crippen LogP contribution is 2.40. The van der Waals surface area contributed by atoms with Gasteiger partial charge in [0, 0.05) is 34.0 Å². The van der Waals surface area contributed by atoms with Crippen LogP contribution in [0.15, 0.2) is 121 Å². The summed E-state index contributed by atoms with van der Waals surface area (Å²) in [5.41, 5.74) is 5.17. The fourth-order valence-corrected chi connectivity index (χ4v) is 4.94. The normalized spacial score (nSPS) is 11.8. The average molecular weight is 500 g/mol. The van der Waals surface area contributed by atoms with E-state index in [4.69, 9.17) is 4.98 Å². The van der Waals surface area contributed by atoms with Crippen LogP contribution in [-0.4, -0.2) is 15.1 Å². The van der Waals surface area contributed by atoms with Crippen molar-refractivity contribution < 1.29 is 5.11 Å². The van der Waals surface area contributed by atoms with E-state index in [2.05, 4.69) is 80.0 Å². The maximum atomic E-state index is 10.6. The number of aromatic hydroxyl groups is 1. The molecular formula is C34H33N3O. The number of phenols is 1. The summed E-state index contributed by atoms with van der Waals surface area (Å²) in [4.78, 5) is 12.0. The van der Waals surface area contributed by atoms with Crippen molar-refractivity contribution >= 4 is 17.2 Å². The molecule has 0 fully saturated rings. The number of anilines is 3. The minimum absolute atomic E-state index is 0.272. The molecule has 0 radical (unpaired) electrons. The van der Waals surface area contributed by atoms with Crippen molar-refractivity contribution in [2.45, 2.75) is 38.5 Å². The largest absolute Gasteiger partial charge is 0.508 e. The number of benzene rings is 3. The number of hydrogen-bond acceptors (Lipinski definition) is 4. The Morgan fingerprint density at radius 1 is 0.605 bits per heavy atom. The summed E-state index contributed by atoms with van der Waals surface area (Å²) in [6.07, 6.45) is 1.85. The highest BCUT2D eigenvalue weighted by Gasteiger charge is 2.29. The van der Waals surface area contributed by atoms with Crippen molar-refractivity contribution in [3.8, 4) is 5.75 Å². The molecule has 4 heteroatoms. The van der Waals surface area contributed by atoms with Crippen LogP contribution >= 0.6 is 0 Å². The Kier molecular flexibility index (Phi) is 6.73. The molecule has 5 aromatic rings. The number of phenolic OH excluding ortho intramolecular Hbond substituents is 1. The zero-order valence-corrected chi connectivity index (χ0v) is 22.3. The van der Waals surface area contributed by atoms with E-state index in [1.54, 1.807) is 6.07 Å². The van der Waals surface area contributed by atoms with E-state index in [0.29, 0.717) is 0 Å². The molecule has 0 atom stereocenters. The number of nitrogens with zero attached hydrogens (tertiary/aromatic N) is 3. The van der Waals surface area contributed by atoms with Crippen LogP contribution in [0.25, 0.3) is 0 Å². The minimum atomic E-state index is -0.494. The molecule has 0 aliphatic heterocycles. The van der Waals surface area contributed by atoms with E-state index in [-0.39, 0.29) is 11.2 Å². The van der Waals surface area contributed by atoms with E-state index in [0.717, 1.165) is 34.1 Å². The third kappa shape index (κ3) is 4.78. The van der Waals surface area contributed by atoms with Gasteiger partial charge < -0.3 is 5.11 Å². The molecule has 0 saturated carbocycles. The van der Waals surface area contributed by atoms with Gasteiger partial charge in [-0.15, -0.1) is 0 Å². The Bertz CT molecular complexity index is 1530. The molecule has 0 aliphatic rings. The van der Waals surface area contributed by atoms with Gasteiger partial charge in [0.1, 0.15) is 11.6 Å². The molecule has 0 amide bonds. The van der Waals surface area contributed by atoms with Crippen LogP contribution in [0.4, 0.5) is 17.2 Å². The summed E-state index contributed by atoms with van der Waals surface area (Å²) in [7, 11) is 0. The summed E-state index contributed by atoms with van der Waals surface area (Å²) in [6, 6.07) is 38.5. The summed E-state index contributed by atoms with van der Waals surface area (Å²) < 4.78 is 0. The van der Waals surface area contributed by atoms with Crippen molar-refractivity contribution in [1.29, 1.82) is 0 Å². The maximum Gasteiger partial charge on any atom is 0.137 e. The Hall–Kier alpha value is -4.44. The van der Waals surface area contributed by atoms with Crippen LogP contribution in [0.3, 0.4) is 0 Å². The first kappa shape index (κ1) is 25.2. The molecule has 2 heterocycles. The second-order valence-electron chi connectivity index (χ2n) is 10.6. The van der Waals surface area contributed by atoms with Crippen LogP contribution in [0.2, 0.25) is 0 Å². The number of pyridine rings is 2. The van der Waals surface area contributed by atoms with Crippen LogP contribution in [-0.2, 0) is 10.8 Å². The minimum Gasteiger partial charge on any atom is -0.508 e. The molecule has 0 bridgehead atoms. The second kappa shape index (κ2) is 10.1. The van der Waals surface area contributed by atoms with Gasteiger partial charge in [-0.25, -0.2) is 4.98 Å². The Morgan fingerprint density at radius 2 is 1.26 bits per heavy atom. The molecule has 0 spiro atoms. The second-order valence-corrected chi connectivity index (χ2v) is 10.6. The van der Waals surface area contributed by atoms with Crippen LogP contribution in [0.1, 0.15) is 50.2 Å². The Morgan fingerprint density at radius 3 is 2.00 bits per heavy atom. The van der Waals surface area contributed by atoms with Gasteiger partial charge in [0.15, 0.2) is 0 Å². The van der Waals surface area contributed by atoms with E-state index >= 15 is 0 Å². The van der Waals surface area contributed by atoms with Crippen molar-refractivity contribution in [2.24, 2.45) is 0 Å². The van der Waals surface area contributed by atoms with Gasteiger partial charge in [-0.1, -0.05) is 88.4 Å². The quantitative estimate of drug-likeness (QED) is 0.245. The van der Waals surface area contributed by atoms with Crippen LogP contribution < -0.4 is 4.90 Å². The lowest BCUT2D eigenvalue weighted by Crippen LogP contribution is -2.23. The molecule has 1 N–H and O–H groups in total. The molecule has 5 rings (SSSR count). The Labute approximate surface area is 225 Å². The van der Waals surface area contributed by atoms with Gasteiger partial charge in [0.25, 0.3) is 0 Å². The molecule has 0 saturated heterocycles. The fourth-order valence-electron chi connectivity index (χ4n) is 4.94. The lowest BCUT2D eigenvalue weighted by Gasteiger charge is -2.30. The molecule has 0 aliphatic carbocycles. The van der Waals surface area contributed by atoms with E-state index in [1.807, 2.05) is 72.9 Å². The highest BCUT2D eigenvalue weighted by atomic mass is 16.3. The zero-order valence-electron chi connectivity index (χ0n) is 22.3. The van der Waals surface area contributed by atoms with Gasteiger partial charge >= 0.3 is 0 Å². The van der Waals surface area contributed by atoms with Gasteiger partial charge in [-0.2, -0.15) is 0 Å². The monoisotopic (exact) mass is 499 g/mol. The fraction of sp³-hybridized carbons (Fsp3) is 0.176. The van der Waals surface area contributed by atoms with E-state index in [9.17, 15) is 5.11 Å². The van der Waals surface area contributed by atoms with Gasteiger partial charge in [-0.3, -0.25) is 9.88 Å². The first-order chi connectivity index (χ1) is 18.3. The van der Waals surface area contributed by atoms with Gasteiger partial charge in [0.2, 0.25) is 0 Å². The summed E-state index contributed by atoms with van der Waals surface area (Å²) >= 11 is 0. The number of aromatic nitrogens is 2. The third-order valence-electron chi connectivity index (χ3n) is 7.33. The van der Waals surface area contributed by atoms with Crippen molar-refractivity contribution in [2.75, 3.05) is 4.90 Å². The number of rotatable bonds is 7. The van der Waals surface area contributed by atoms with Crippen molar-refractivity contribution in [1.82, 2.24) is 9.97 Å². The SMILES string of the molecule is CC(C)(c1cccc(N(c2ccccc2)c2cccc(C(C)(C)c3ccccc3O)n2)c1)c1ccccn1.